The van der Waals surface area contributed by atoms with E-state index in [2.05, 4.69) is 10.6 Å². The highest BCUT2D eigenvalue weighted by atomic mass is 32.2. The third-order valence-electron chi connectivity index (χ3n) is 5.36. The van der Waals surface area contributed by atoms with E-state index in [-0.39, 0.29) is 18.2 Å². The van der Waals surface area contributed by atoms with Gasteiger partial charge in [-0.05, 0) is 53.6 Å². The molecule has 0 heterocycles. The molecule has 4 rings (SSSR count). The van der Waals surface area contributed by atoms with Crippen LogP contribution in [-0.2, 0) is 16.0 Å². The van der Waals surface area contributed by atoms with Crippen molar-refractivity contribution < 1.29 is 14.4 Å². The van der Waals surface area contributed by atoms with Gasteiger partial charge in [-0.3, -0.25) is 14.4 Å². The SMILES string of the molecule is NC(=O)c1ccc(NC(=O)C(Sc2cccc(NC(=O)Cc3ccccc3)c2)c2ccccc2)cc1. The zero-order valence-corrected chi connectivity index (χ0v) is 20.2. The summed E-state index contributed by atoms with van der Waals surface area (Å²) in [6.45, 7) is 0. The number of hydrogen-bond acceptors (Lipinski definition) is 4. The van der Waals surface area contributed by atoms with Gasteiger partial charge in [-0.15, -0.1) is 11.8 Å². The van der Waals surface area contributed by atoms with E-state index in [0.29, 0.717) is 16.9 Å². The molecule has 0 saturated carbocycles. The molecular weight excluding hydrogens is 470 g/mol. The first-order chi connectivity index (χ1) is 17.5. The molecule has 0 aromatic heterocycles. The van der Waals surface area contributed by atoms with Crippen LogP contribution < -0.4 is 16.4 Å². The standard InChI is InChI=1S/C29H25N3O3S/c30-28(34)22-14-16-23(17-15-22)32-29(35)27(21-10-5-2-6-11-21)36-25-13-7-12-24(19-25)31-26(33)18-20-8-3-1-4-9-20/h1-17,19,27H,18H2,(H2,30,34)(H,31,33)(H,32,35). The second-order valence-electron chi connectivity index (χ2n) is 8.08. The van der Waals surface area contributed by atoms with E-state index < -0.39 is 11.2 Å². The number of thioether (sulfide) groups is 1. The van der Waals surface area contributed by atoms with Crippen molar-refractivity contribution in [3.63, 3.8) is 0 Å². The second-order valence-corrected chi connectivity index (χ2v) is 9.26. The van der Waals surface area contributed by atoms with Crippen LogP contribution in [0.5, 0.6) is 0 Å². The van der Waals surface area contributed by atoms with Gasteiger partial charge in [0.15, 0.2) is 0 Å². The molecule has 0 saturated heterocycles. The van der Waals surface area contributed by atoms with Gasteiger partial charge in [0, 0.05) is 21.8 Å². The Kier molecular flexibility index (Phi) is 8.16. The van der Waals surface area contributed by atoms with Crippen LogP contribution in [0.3, 0.4) is 0 Å². The van der Waals surface area contributed by atoms with Gasteiger partial charge in [-0.1, -0.05) is 66.7 Å². The first-order valence-electron chi connectivity index (χ1n) is 11.3. The average Bonchev–Trinajstić information content (AvgIpc) is 2.89. The summed E-state index contributed by atoms with van der Waals surface area (Å²) in [7, 11) is 0. The fraction of sp³-hybridized carbons (Fsp3) is 0.0690. The van der Waals surface area contributed by atoms with Gasteiger partial charge in [0.05, 0.1) is 6.42 Å². The van der Waals surface area contributed by atoms with Gasteiger partial charge in [0.2, 0.25) is 17.7 Å². The molecule has 0 bridgehead atoms. The lowest BCUT2D eigenvalue weighted by molar-refractivity contribution is -0.116. The Labute approximate surface area is 213 Å². The molecule has 6 nitrogen and oxygen atoms in total. The maximum atomic E-state index is 13.3. The minimum atomic E-state index is -0.544. The number of carbonyl (C=O) groups is 3. The number of carbonyl (C=O) groups excluding carboxylic acids is 3. The Bertz CT molecular complexity index is 1340. The van der Waals surface area contributed by atoms with Gasteiger partial charge in [0.1, 0.15) is 5.25 Å². The summed E-state index contributed by atoms with van der Waals surface area (Å²) in [5, 5.41) is 5.31. The lowest BCUT2D eigenvalue weighted by Crippen LogP contribution is -2.19. The van der Waals surface area contributed by atoms with Crippen LogP contribution >= 0.6 is 11.8 Å². The maximum absolute atomic E-state index is 13.3. The van der Waals surface area contributed by atoms with Crippen LogP contribution in [0.1, 0.15) is 26.7 Å². The van der Waals surface area contributed by atoms with Crippen LogP contribution in [0.15, 0.2) is 114 Å². The molecule has 180 valence electrons. The van der Waals surface area contributed by atoms with E-state index in [0.717, 1.165) is 16.0 Å². The molecule has 0 aliphatic rings. The average molecular weight is 496 g/mol. The summed E-state index contributed by atoms with van der Waals surface area (Å²) in [4.78, 5) is 38.0. The minimum absolute atomic E-state index is 0.111. The van der Waals surface area contributed by atoms with Crippen molar-refractivity contribution in [2.24, 2.45) is 5.73 Å². The molecule has 4 N–H and O–H groups in total. The van der Waals surface area contributed by atoms with Gasteiger partial charge >= 0.3 is 0 Å². The van der Waals surface area contributed by atoms with Crippen molar-refractivity contribution in [3.05, 3.63) is 126 Å². The molecule has 7 heteroatoms. The highest BCUT2D eigenvalue weighted by Crippen LogP contribution is 2.37. The van der Waals surface area contributed by atoms with Crippen molar-refractivity contribution in [2.45, 2.75) is 16.6 Å². The van der Waals surface area contributed by atoms with E-state index in [1.54, 1.807) is 24.3 Å². The third-order valence-corrected chi connectivity index (χ3v) is 6.60. The first kappa shape index (κ1) is 24.8. The number of amides is 3. The number of hydrogen-bond donors (Lipinski definition) is 3. The summed E-state index contributed by atoms with van der Waals surface area (Å²) in [6, 6.07) is 32.9. The Morgan fingerprint density at radius 1 is 0.722 bits per heavy atom. The number of rotatable bonds is 9. The van der Waals surface area contributed by atoms with Gasteiger partial charge in [-0.25, -0.2) is 0 Å². The van der Waals surface area contributed by atoms with E-state index in [1.165, 1.54) is 11.8 Å². The van der Waals surface area contributed by atoms with Crippen molar-refractivity contribution >= 4 is 40.9 Å². The van der Waals surface area contributed by atoms with Crippen molar-refractivity contribution in [2.75, 3.05) is 10.6 Å². The van der Waals surface area contributed by atoms with Crippen molar-refractivity contribution in [1.29, 1.82) is 0 Å². The number of nitrogens with two attached hydrogens (primary N) is 1. The Balaban J connectivity index is 1.49. The third kappa shape index (κ3) is 6.84. The highest BCUT2D eigenvalue weighted by molar-refractivity contribution is 8.00. The van der Waals surface area contributed by atoms with Crippen LogP contribution in [0.4, 0.5) is 11.4 Å². The Hall–Kier alpha value is -4.36. The number of nitrogens with one attached hydrogen (secondary N) is 2. The fourth-order valence-electron chi connectivity index (χ4n) is 3.60. The lowest BCUT2D eigenvalue weighted by atomic mass is 10.1. The summed E-state index contributed by atoms with van der Waals surface area (Å²) in [5.74, 6) is -0.849. The Morgan fingerprint density at radius 2 is 1.39 bits per heavy atom. The van der Waals surface area contributed by atoms with Gasteiger partial charge in [-0.2, -0.15) is 0 Å². The highest BCUT2D eigenvalue weighted by Gasteiger charge is 2.22. The van der Waals surface area contributed by atoms with E-state index in [9.17, 15) is 14.4 Å². The molecule has 0 fully saturated rings. The van der Waals surface area contributed by atoms with E-state index in [1.807, 2.05) is 84.9 Å². The number of anilines is 2. The number of benzene rings is 4. The second kappa shape index (κ2) is 11.9. The predicted octanol–water partition coefficient (Wildman–Crippen LogP) is 5.44. The monoisotopic (exact) mass is 495 g/mol. The smallest absolute Gasteiger partial charge is 0.248 e. The fourth-order valence-corrected chi connectivity index (χ4v) is 4.68. The van der Waals surface area contributed by atoms with E-state index in [4.69, 9.17) is 5.73 Å². The largest absolute Gasteiger partial charge is 0.366 e. The quantitative estimate of drug-likeness (QED) is 0.269. The normalized spacial score (nSPS) is 11.3. The molecule has 4 aromatic carbocycles. The van der Waals surface area contributed by atoms with Gasteiger partial charge < -0.3 is 16.4 Å². The Morgan fingerprint density at radius 3 is 2.06 bits per heavy atom. The first-order valence-corrected chi connectivity index (χ1v) is 12.2. The van der Waals surface area contributed by atoms with Crippen LogP contribution in [0.2, 0.25) is 0 Å². The minimum Gasteiger partial charge on any atom is -0.366 e. The van der Waals surface area contributed by atoms with Crippen LogP contribution in [0.25, 0.3) is 0 Å². The van der Waals surface area contributed by atoms with E-state index >= 15 is 0 Å². The summed E-state index contributed by atoms with van der Waals surface area (Å²) in [6.07, 6.45) is 0.280. The molecule has 1 atom stereocenters. The molecule has 0 aliphatic heterocycles. The van der Waals surface area contributed by atoms with Crippen molar-refractivity contribution in [3.8, 4) is 0 Å². The lowest BCUT2D eigenvalue weighted by Gasteiger charge is -2.18. The predicted molar refractivity (Wildman–Crippen MR) is 144 cm³/mol. The molecule has 3 amide bonds. The van der Waals surface area contributed by atoms with Crippen molar-refractivity contribution in [1.82, 2.24) is 0 Å². The van der Waals surface area contributed by atoms with Crippen LogP contribution in [-0.4, -0.2) is 17.7 Å². The number of primary amides is 1. The zero-order valence-electron chi connectivity index (χ0n) is 19.4. The summed E-state index contributed by atoms with van der Waals surface area (Å²) >= 11 is 1.38. The topological polar surface area (TPSA) is 101 Å². The van der Waals surface area contributed by atoms with Gasteiger partial charge in [0.25, 0.3) is 0 Å². The van der Waals surface area contributed by atoms with Crippen LogP contribution in [0, 0.1) is 0 Å². The molecule has 36 heavy (non-hydrogen) atoms. The molecule has 1 unspecified atom stereocenters. The summed E-state index contributed by atoms with van der Waals surface area (Å²) < 4.78 is 0. The maximum Gasteiger partial charge on any atom is 0.248 e. The molecular formula is C29H25N3O3S. The summed E-state index contributed by atoms with van der Waals surface area (Å²) in [5.41, 5.74) is 8.67. The zero-order chi connectivity index (χ0) is 25.3. The molecule has 0 aliphatic carbocycles. The molecule has 0 radical (unpaired) electrons. The molecule has 0 spiro atoms. The molecule has 4 aromatic rings.